The first kappa shape index (κ1) is 11.0. The summed E-state index contributed by atoms with van der Waals surface area (Å²) < 4.78 is 1.56. The third kappa shape index (κ3) is 2.72. The first-order chi connectivity index (χ1) is 6.65. The molecule has 0 radical (unpaired) electrons. The van der Waals surface area contributed by atoms with Crippen LogP contribution in [0.1, 0.15) is 19.8 Å². The molecule has 0 aromatic carbocycles. The Morgan fingerprint density at radius 1 is 1.50 bits per heavy atom. The zero-order chi connectivity index (χ0) is 10.6. The van der Waals surface area contributed by atoms with Gasteiger partial charge in [0, 0.05) is 18.8 Å². The fourth-order valence-corrected chi connectivity index (χ4v) is 1.20. The van der Waals surface area contributed by atoms with Gasteiger partial charge in [-0.25, -0.2) is 0 Å². The summed E-state index contributed by atoms with van der Waals surface area (Å²) in [6.45, 7) is 2.73. The average Bonchev–Trinajstić information content (AvgIpc) is 2.15. The molecule has 1 aromatic rings. The predicted octanol–water partition coefficient (Wildman–Crippen LogP) is -0.672. The maximum atomic E-state index is 11.4. The van der Waals surface area contributed by atoms with Crippen molar-refractivity contribution < 1.29 is 10.0 Å². The predicted molar refractivity (Wildman–Crippen MR) is 55.4 cm³/mol. The third-order valence-electron chi connectivity index (χ3n) is 2.07. The second-order valence-electron chi connectivity index (χ2n) is 3.22. The molecule has 0 unspecified atom stereocenters. The van der Waals surface area contributed by atoms with Crippen molar-refractivity contribution >= 4 is 12.6 Å². The average molecular weight is 195 g/mol. The van der Waals surface area contributed by atoms with Crippen molar-refractivity contribution in [2.24, 2.45) is 0 Å². The summed E-state index contributed by atoms with van der Waals surface area (Å²) in [4.78, 5) is 11.4. The van der Waals surface area contributed by atoms with Crippen molar-refractivity contribution in [2.45, 2.75) is 26.3 Å². The van der Waals surface area contributed by atoms with E-state index >= 15 is 0 Å². The van der Waals surface area contributed by atoms with Gasteiger partial charge in [0.1, 0.15) is 0 Å². The molecule has 0 fully saturated rings. The first-order valence-corrected chi connectivity index (χ1v) is 4.71. The Morgan fingerprint density at radius 2 is 2.21 bits per heavy atom. The Balaban J connectivity index is 2.85. The quantitative estimate of drug-likeness (QED) is 0.626. The summed E-state index contributed by atoms with van der Waals surface area (Å²) in [7, 11) is -1.57. The number of unbranched alkanes of at least 4 members (excludes halogenated alkanes) is 1. The van der Waals surface area contributed by atoms with Crippen LogP contribution in [0.5, 0.6) is 0 Å². The number of hydrogen-bond donors (Lipinski definition) is 2. The van der Waals surface area contributed by atoms with E-state index in [0.717, 1.165) is 12.8 Å². The molecule has 2 N–H and O–H groups in total. The van der Waals surface area contributed by atoms with Gasteiger partial charge >= 0.3 is 7.12 Å². The topological polar surface area (TPSA) is 62.5 Å². The van der Waals surface area contributed by atoms with E-state index in [1.165, 1.54) is 6.07 Å². The van der Waals surface area contributed by atoms with E-state index in [9.17, 15) is 4.79 Å². The van der Waals surface area contributed by atoms with Gasteiger partial charge in [-0.1, -0.05) is 13.3 Å². The van der Waals surface area contributed by atoms with Crippen LogP contribution >= 0.6 is 0 Å². The standard InChI is InChI=1S/C9H14BNO3/c1-2-3-5-11-6-4-8(10(13)14)7-9(11)12/h4,6-7,13-14H,2-3,5H2,1H3. The zero-order valence-electron chi connectivity index (χ0n) is 8.18. The van der Waals surface area contributed by atoms with Crippen molar-refractivity contribution in [1.82, 2.24) is 4.57 Å². The van der Waals surface area contributed by atoms with Crippen molar-refractivity contribution in [3.63, 3.8) is 0 Å². The SMILES string of the molecule is CCCCn1ccc(B(O)O)cc1=O. The molecule has 0 saturated carbocycles. The van der Waals surface area contributed by atoms with Crippen LogP contribution in [0.3, 0.4) is 0 Å². The fraction of sp³-hybridized carbons (Fsp3) is 0.444. The minimum atomic E-state index is -1.57. The van der Waals surface area contributed by atoms with E-state index in [-0.39, 0.29) is 11.0 Å². The summed E-state index contributed by atoms with van der Waals surface area (Å²) in [6, 6.07) is 2.79. The van der Waals surface area contributed by atoms with Gasteiger partial charge in [0.2, 0.25) is 5.56 Å². The van der Waals surface area contributed by atoms with Crippen LogP contribution in [0, 0.1) is 0 Å². The van der Waals surface area contributed by atoms with Crippen LogP contribution in [0.15, 0.2) is 23.1 Å². The molecule has 0 atom stereocenters. The normalized spacial score (nSPS) is 10.2. The number of pyridine rings is 1. The van der Waals surface area contributed by atoms with E-state index in [1.807, 2.05) is 0 Å². The Hall–Kier alpha value is -1.07. The van der Waals surface area contributed by atoms with E-state index in [0.29, 0.717) is 6.54 Å². The highest BCUT2D eigenvalue weighted by Gasteiger charge is 2.11. The first-order valence-electron chi connectivity index (χ1n) is 4.71. The van der Waals surface area contributed by atoms with Crippen LogP contribution in [0.2, 0.25) is 0 Å². The lowest BCUT2D eigenvalue weighted by atomic mass is 9.81. The lowest BCUT2D eigenvalue weighted by Gasteiger charge is -2.05. The maximum Gasteiger partial charge on any atom is 0.488 e. The molecule has 14 heavy (non-hydrogen) atoms. The van der Waals surface area contributed by atoms with Crippen molar-refractivity contribution in [2.75, 3.05) is 0 Å². The lowest BCUT2D eigenvalue weighted by molar-refractivity contribution is 0.425. The van der Waals surface area contributed by atoms with Crippen molar-refractivity contribution in [1.29, 1.82) is 0 Å². The highest BCUT2D eigenvalue weighted by atomic mass is 16.4. The molecular weight excluding hydrogens is 181 g/mol. The van der Waals surface area contributed by atoms with Crippen LogP contribution in [-0.2, 0) is 6.54 Å². The minimum Gasteiger partial charge on any atom is -0.423 e. The fourth-order valence-electron chi connectivity index (χ4n) is 1.20. The van der Waals surface area contributed by atoms with Gasteiger partial charge in [-0.05, 0) is 17.9 Å². The summed E-state index contributed by atoms with van der Waals surface area (Å²) in [5.74, 6) is 0. The highest BCUT2D eigenvalue weighted by molar-refractivity contribution is 6.58. The highest BCUT2D eigenvalue weighted by Crippen LogP contribution is 1.90. The van der Waals surface area contributed by atoms with Crippen LogP contribution in [0.4, 0.5) is 0 Å². The smallest absolute Gasteiger partial charge is 0.423 e. The molecule has 0 aliphatic heterocycles. The van der Waals surface area contributed by atoms with E-state index < -0.39 is 7.12 Å². The van der Waals surface area contributed by atoms with Crippen LogP contribution in [-0.4, -0.2) is 21.7 Å². The van der Waals surface area contributed by atoms with Crippen LogP contribution in [0.25, 0.3) is 0 Å². The minimum absolute atomic E-state index is 0.191. The molecule has 0 aliphatic carbocycles. The molecule has 76 valence electrons. The molecule has 0 spiro atoms. The van der Waals surface area contributed by atoms with Crippen molar-refractivity contribution in [3.8, 4) is 0 Å². The molecule has 1 rings (SSSR count). The summed E-state index contributed by atoms with van der Waals surface area (Å²) in [5.41, 5.74) is 0.0480. The Kier molecular flexibility index (Phi) is 3.91. The largest absolute Gasteiger partial charge is 0.488 e. The van der Waals surface area contributed by atoms with Gasteiger partial charge < -0.3 is 14.6 Å². The molecule has 1 aromatic heterocycles. The summed E-state index contributed by atoms with van der Waals surface area (Å²) in [6.07, 6.45) is 3.56. The summed E-state index contributed by atoms with van der Waals surface area (Å²) >= 11 is 0. The molecule has 0 amide bonds. The second-order valence-corrected chi connectivity index (χ2v) is 3.22. The van der Waals surface area contributed by atoms with Gasteiger partial charge in [-0.15, -0.1) is 0 Å². The summed E-state index contributed by atoms with van der Waals surface area (Å²) in [5, 5.41) is 17.6. The number of aromatic nitrogens is 1. The molecule has 4 nitrogen and oxygen atoms in total. The van der Waals surface area contributed by atoms with E-state index in [4.69, 9.17) is 10.0 Å². The van der Waals surface area contributed by atoms with Crippen LogP contribution < -0.4 is 11.0 Å². The Morgan fingerprint density at radius 3 is 2.71 bits per heavy atom. The molecule has 5 heteroatoms. The van der Waals surface area contributed by atoms with Gasteiger partial charge in [-0.3, -0.25) is 4.79 Å². The van der Waals surface area contributed by atoms with Gasteiger partial charge in [0.25, 0.3) is 0 Å². The van der Waals surface area contributed by atoms with E-state index in [1.54, 1.807) is 16.8 Å². The lowest BCUT2D eigenvalue weighted by Crippen LogP contribution is -2.35. The molecule has 0 saturated heterocycles. The Labute approximate surface area is 83.0 Å². The Bertz CT molecular complexity index is 348. The molecule has 0 bridgehead atoms. The van der Waals surface area contributed by atoms with Gasteiger partial charge in [0.15, 0.2) is 0 Å². The number of aryl methyl sites for hydroxylation is 1. The molecule has 1 heterocycles. The maximum absolute atomic E-state index is 11.4. The zero-order valence-corrected chi connectivity index (χ0v) is 8.18. The number of nitrogens with zero attached hydrogens (tertiary/aromatic N) is 1. The number of rotatable bonds is 4. The van der Waals surface area contributed by atoms with Crippen molar-refractivity contribution in [3.05, 3.63) is 28.7 Å². The number of hydrogen-bond acceptors (Lipinski definition) is 3. The molecular formula is C9H14BNO3. The molecule has 0 aliphatic rings. The second kappa shape index (κ2) is 4.98. The van der Waals surface area contributed by atoms with Gasteiger partial charge in [-0.2, -0.15) is 0 Å². The van der Waals surface area contributed by atoms with E-state index in [2.05, 4.69) is 6.92 Å². The van der Waals surface area contributed by atoms with Gasteiger partial charge in [0.05, 0.1) is 0 Å². The monoisotopic (exact) mass is 195 g/mol. The third-order valence-corrected chi connectivity index (χ3v) is 2.07.